The van der Waals surface area contributed by atoms with Gasteiger partial charge in [0.15, 0.2) is 0 Å². The third-order valence-electron chi connectivity index (χ3n) is 3.09. The Balaban J connectivity index is 2.30. The van der Waals surface area contributed by atoms with Gasteiger partial charge in [-0.05, 0) is 42.7 Å². The molecule has 0 saturated heterocycles. The lowest BCUT2D eigenvalue weighted by Gasteiger charge is -2.14. The Labute approximate surface area is 138 Å². The zero-order valence-electron chi connectivity index (χ0n) is 11.3. The van der Waals surface area contributed by atoms with Gasteiger partial charge in [0.1, 0.15) is 0 Å². The first kappa shape index (κ1) is 15.9. The smallest absolute Gasteiger partial charge is 0.0545 e. The van der Waals surface area contributed by atoms with Crippen molar-refractivity contribution in [3.05, 3.63) is 57.5 Å². The molecular weight excluding hydrogens is 354 g/mol. The number of benzene rings is 2. The summed E-state index contributed by atoms with van der Waals surface area (Å²) in [5.74, 6) is 0. The fraction of sp³-hybridized carbons (Fsp3) is 0.250. The van der Waals surface area contributed by atoms with Crippen LogP contribution in [0.4, 0.5) is 0 Å². The Kier molecular flexibility index (Phi) is 5.97. The first-order valence-corrected chi connectivity index (χ1v) is 8.55. The molecule has 0 aliphatic heterocycles. The molecule has 0 aromatic heterocycles. The summed E-state index contributed by atoms with van der Waals surface area (Å²) in [5.41, 5.74) is 7.36. The van der Waals surface area contributed by atoms with Gasteiger partial charge in [0.25, 0.3) is 0 Å². The van der Waals surface area contributed by atoms with Crippen LogP contribution >= 0.6 is 39.3 Å². The molecule has 0 amide bonds. The van der Waals surface area contributed by atoms with Gasteiger partial charge >= 0.3 is 0 Å². The van der Waals surface area contributed by atoms with Gasteiger partial charge in [-0.2, -0.15) is 0 Å². The van der Waals surface area contributed by atoms with E-state index in [9.17, 15) is 0 Å². The highest BCUT2D eigenvalue weighted by molar-refractivity contribution is 9.10. The second-order valence-corrected chi connectivity index (χ2v) is 7.06. The van der Waals surface area contributed by atoms with Gasteiger partial charge in [-0.3, -0.25) is 0 Å². The van der Waals surface area contributed by atoms with Crippen molar-refractivity contribution in [3.63, 3.8) is 0 Å². The van der Waals surface area contributed by atoms with Crippen LogP contribution in [-0.2, 0) is 6.42 Å². The summed E-state index contributed by atoms with van der Waals surface area (Å²) in [6, 6.07) is 14.4. The summed E-state index contributed by atoms with van der Waals surface area (Å²) in [7, 11) is 0. The van der Waals surface area contributed by atoms with Crippen LogP contribution in [0.3, 0.4) is 0 Å². The Bertz CT molecular complexity index is 588. The Morgan fingerprint density at radius 2 is 1.95 bits per heavy atom. The maximum atomic E-state index is 6.24. The third-order valence-corrected chi connectivity index (χ3v) is 5.20. The van der Waals surface area contributed by atoms with Gasteiger partial charge in [0, 0.05) is 20.3 Å². The summed E-state index contributed by atoms with van der Waals surface area (Å²) in [6.45, 7) is 2.12. The van der Waals surface area contributed by atoms with Crippen LogP contribution in [0.15, 0.2) is 56.7 Å². The van der Waals surface area contributed by atoms with Crippen molar-refractivity contribution >= 4 is 39.3 Å². The van der Waals surface area contributed by atoms with E-state index in [0.29, 0.717) is 0 Å². The monoisotopic (exact) mass is 369 g/mol. The molecule has 0 aliphatic carbocycles. The lowest BCUT2D eigenvalue weighted by molar-refractivity contribution is 0.641. The van der Waals surface area contributed by atoms with Gasteiger partial charge in [0.2, 0.25) is 0 Å². The van der Waals surface area contributed by atoms with E-state index in [2.05, 4.69) is 41.1 Å². The first-order chi connectivity index (χ1) is 9.60. The molecule has 0 aliphatic rings. The molecule has 106 valence electrons. The highest BCUT2D eigenvalue weighted by Gasteiger charge is 2.10. The van der Waals surface area contributed by atoms with Gasteiger partial charge in [-0.1, -0.05) is 64.4 Å². The van der Waals surface area contributed by atoms with E-state index in [1.807, 2.05) is 24.3 Å². The van der Waals surface area contributed by atoms with Crippen molar-refractivity contribution in [2.24, 2.45) is 5.73 Å². The Hall–Kier alpha value is -0.480. The molecule has 0 spiro atoms. The number of rotatable bonds is 5. The lowest BCUT2D eigenvalue weighted by atomic mass is 10.1. The van der Waals surface area contributed by atoms with Gasteiger partial charge < -0.3 is 5.73 Å². The van der Waals surface area contributed by atoms with Crippen molar-refractivity contribution in [2.75, 3.05) is 0 Å². The van der Waals surface area contributed by atoms with Crippen LogP contribution in [0.2, 0.25) is 5.02 Å². The highest BCUT2D eigenvalue weighted by Crippen LogP contribution is 2.36. The van der Waals surface area contributed by atoms with E-state index < -0.39 is 0 Å². The molecule has 0 radical (unpaired) electrons. The highest BCUT2D eigenvalue weighted by atomic mass is 79.9. The number of hydrogen-bond donors (Lipinski definition) is 1. The largest absolute Gasteiger partial charge is 0.327 e. The summed E-state index contributed by atoms with van der Waals surface area (Å²) >= 11 is 11.5. The minimum atomic E-state index is 0.196. The van der Waals surface area contributed by atoms with Gasteiger partial charge in [-0.15, -0.1) is 0 Å². The fourth-order valence-corrected chi connectivity index (χ4v) is 3.65. The van der Waals surface area contributed by atoms with Crippen molar-refractivity contribution in [3.8, 4) is 0 Å². The van der Waals surface area contributed by atoms with Crippen LogP contribution in [0.5, 0.6) is 0 Å². The van der Waals surface area contributed by atoms with Crippen molar-refractivity contribution in [2.45, 2.75) is 35.6 Å². The zero-order valence-corrected chi connectivity index (χ0v) is 14.4. The normalized spacial score (nSPS) is 12.4. The van der Waals surface area contributed by atoms with Gasteiger partial charge in [-0.25, -0.2) is 0 Å². The molecule has 0 bridgehead atoms. The minimum Gasteiger partial charge on any atom is -0.327 e. The molecule has 0 fully saturated rings. The van der Waals surface area contributed by atoms with E-state index in [-0.39, 0.29) is 6.04 Å². The molecular formula is C16H17BrClNS. The Morgan fingerprint density at radius 1 is 1.20 bits per heavy atom. The maximum absolute atomic E-state index is 6.24. The van der Waals surface area contributed by atoms with Crippen molar-refractivity contribution < 1.29 is 0 Å². The molecule has 1 nitrogen and oxygen atoms in total. The van der Waals surface area contributed by atoms with E-state index in [0.717, 1.165) is 27.2 Å². The number of halogens is 2. The number of nitrogens with two attached hydrogens (primary N) is 1. The van der Waals surface area contributed by atoms with Crippen molar-refractivity contribution in [1.29, 1.82) is 0 Å². The molecule has 2 rings (SSSR count). The quantitative estimate of drug-likeness (QED) is 0.748. The van der Waals surface area contributed by atoms with Crippen LogP contribution in [0.1, 0.15) is 18.9 Å². The molecule has 2 aromatic carbocycles. The topological polar surface area (TPSA) is 26.0 Å². The predicted octanol–water partition coefficient (Wildman–Crippen LogP) is 5.53. The zero-order chi connectivity index (χ0) is 14.5. The van der Waals surface area contributed by atoms with E-state index in [1.54, 1.807) is 11.8 Å². The van der Waals surface area contributed by atoms with Crippen LogP contribution in [0, 0.1) is 0 Å². The summed E-state index contributed by atoms with van der Waals surface area (Å²) in [4.78, 5) is 2.27. The summed E-state index contributed by atoms with van der Waals surface area (Å²) < 4.78 is 1.07. The van der Waals surface area contributed by atoms with Gasteiger partial charge in [0.05, 0.1) is 5.02 Å². The molecule has 0 heterocycles. The first-order valence-electron chi connectivity index (χ1n) is 6.56. The lowest BCUT2D eigenvalue weighted by Crippen LogP contribution is -2.21. The third kappa shape index (κ3) is 4.26. The second kappa shape index (κ2) is 7.51. The molecule has 20 heavy (non-hydrogen) atoms. The maximum Gasteiger partial charge on any atom is 0.0545 e. The van der Waals surface area contributed by atoms with Crippen LogP contribution in [0.25, 0.3) is 0 Å². The predicted molar refractivity (Wildman–Crippen MR) is 91.7 cm³/mol. The average molecular weight is 371 g/mol. The molecule has 1 atom stereocenters. The minimum absolute atomic E-state index is 0.196. The summed E-state index contributed by atoms with van der Waals surface area (Å²) in [5, 5.41) is 0.781. The average Bonchev–Trinajstić information content (AvgIpc) is 2.44. The molecule has 4 heteroatoms. The van der Waals surface area contributed by atoms with Crippen molar-refractivity contribution in [1.82, 2.24) is 0 Å². The fourth-order valence-electron chi connectivity index (χ4n) is 1.86. The Morgan fingerprint density at radius 3 is 2.65 bits per heavy atom. The van der Waals surface area contributed by atoms with Crippen LogP contribution < -0.4 is 5.73 Å². The summed E-state index contributed by atoms with van der Waals surface area (Å²) in [6.07, 6.45) is 1.86. The number of hydrogen-bond acceptors (Lipinski definition) is 2. The molecule has 1 unspecified atom stereocenters. The molecule has 0 saturated carbocycles. The second-order valence-electron chi connectivity index (χ2n) is 4.66. The van der Waals surface area contributed by atoms with E-state index in [4.69, 9.17) is 17.3 Å². The van der Waals surface area contributed by atoms with E-state index >= 15 is 0 Å². The SMILES string of the molecule is CCC(N)Cc1ccc(Br)cc1Sc1ccccc1Cl. The molecule has 2 N–H and O–H groups in total. The van der Waals surface area contributed by atoms with E-state index in [1.165, 1.54) is 10.5 Å². The standard InChI is InChI=1S/C16H17BrClNS/c1-2-13(19)9-11-7-8-12(17)10-16(11)20-15-6-4-3-5-14(15)18/h3-8,10,13H,2,9,19H2,1H3. The molecule has 2 aromatic rings. The van der Waals surface area contributed by atoms with Crippen LogP contribution in [-0.4, -0.2) is 6.04 Å².